The van der Waals surface area contributed by atoms with Crippen LogP contribution in [0.25, 0.3) is 0 Å². The van der Waals surface area contributed by atoms with E-state index in [0.29, 0.717) is 9.52 Å². The monoisotopic (exact) mass is 208 g/mol. The van der Waals surface area contributed by atoms with Crippen LogP contribution in [0.3, 0.4) is 0 Å². The van der Waals surface area contributed by atoms with Crippen LogP contribution in [0, 0.1) is 11.8 Å². The van der Waals surface area contributed by atoms with Crippen LogP contribution >= 0.6 is 0 Å². The van der Waals surface area contributed by atoms with E-state index in [1.54, 1.807) is 57.8 Å². The van der Waals surface area contributed by atoms with Crippen LogP contribution in [0.5, 0.6) is 0 Å². The van der Waals surface area contributed by atoms with Crippen LogP contribution in [0.2, 0.25) is 11.1 Å². The second kappa shape index (κ2) is 4.00. The van der Waals surface area contributed by atoms with Crippen LogP contribution in [-0.2, 0) is 0 Å². The molecule has 80 valence electrons. The molecule has 0 bridgehead atoms. The molecule has 0 aromatic heterocycles. The highest BCUT2D eigenvalue weighted by Crippen LogP contribution is 2.51. The van der Waals surface area contributed by atoms with Crippen molar-refractivity contribution in [3.05, 3.63) is 0 Å². The molecule has 2 saturated carbocycles. The zero-order valence-electron chi connectivity index (χ0n) is 9.38. The Morgan fingerprint density at radius 3 is 2.14 bits per heavy atom. The van der Waals surface area contributed by atoms with Crippen molar-refractivity contribution in [2.24, 2.45) is 11.8 Å². The van der Waals surface area contributed by atoms with Crippen molar-refractivity contribution >= 4 is 9.52 Å². The first kappa shape index (κ1) is 9.44. The van der Waals surface area contributed by atoms with Gasteiger partial charge in [0.05, 0.1) is 0 Å². The Balaban J connectivity index is 1.70. The Hall–Kier alpha value is 0.217. The van der Waals surface area contributed by atoms with Crippen LogP contribution in [0.4, 0.5) is 0 Å². The van der Waals surface area contributed by atoms with Gasteiger partial charge in [-0.25, -0.2) is 0 Å². The number of rotatable bonds is 0. The standard InChI is InChI=1S/C13H24Si/c1-2-5-10-9-11-6-4-8-13(11)14-12(10)7-3-1/h10-13H,1-9,14H2. The lowest BCUT2D eigenvalue weighted by molar-refractivity contribution is 0.315. The van der Waals surface area contributed by atoms with Crippen molar-refractivity contribution in [1.29, 1.82) is 0 Å². The fraction of sp³-hybridized carbons (Fsp3) is 1.00. The smallest absolute Gasteiger partial charge is 0.0271 e. The summed E-state index contributed by atoms with van der Waals surface area (Å²) in [7, 11) is 0.322. The predicted octanol–water partition coefficient (Wildman–Crippen LogP) is 3.52. The third-order valence-corrected chi connectivity index (χ3v) is 8.70. The van der Waals surface area contributed by atoms with Gasteiger partial charge in [-0.1, -0.05) is 51.4 Å². The highest BCUT2D eigenvalue weighted by molar-refractivity contribution is 6.40. The van der Waals surface area contributed by atoms with E-state index < -0.39 is 0 Å². The van der Waals surface area contributed by atoms with E-state index in [0.717, 1.165) is 0 Å². The molecule has 2 aliphatic carbocycles. The Kier molecular flexibility index (Phi) is 2.70. The van der Waals surface area contributed by atoms with E-state index in [-0.39, 0.29) is 0 Å². The maximum absolute atomic E-state index is 1.66. The summed E-state index contributed by atoms with van der Waals surface area (Å²) in [6.45, 7) is 0. The van der Waals surface area contributed by atoms with E-state index >= 15 is 0 Å². The summed E-state index contributed by atoms with van der Waals surface area (Å²) in [5.41, 5.74) is 2.59. The maximum atomic E-state index is 1.66. The van der Waals surface area contributed by atoms with E-state index in [2.05, 4.69) is 0 Å². The second-order valence-electron chi connectivity index (χ2n) is 6.08. The molecular formula is C13H24Si. The maximum Gasteiger partial charge on any atom is 0.0271 e. The Bertz CT molecular complexity index is 181. The molecule has 3 rings (SSSR count). The summed E-state index contributed by atoms with van der Waals surface area (Å²) in [6.07, 6.45) is 14.4. The Morgan fingerprint density at radius 1 is 0.643 bits per heavy atom. The molecule has 1 heteroatoms. The molecule has 0 spiro atoms. The molecule has 3 fully saturated rings. The van der Waals surface area contributed by atoms with Crippen molar-refractivity contribution in [3.63, 3.8) is 0 Å². The molecule has 1 saturated heterocycles. The summed E-state index contributed by atoms with van der Waals surface area (Å²) >= 11 is 0. The normalized spacial score (nSPS) is 49.7. The summed E-state index contributed by atoms with van der Waals surface area (Å²) in [6, 6.07) is 0. The average Bonchev–Trinajstić information content (AvgIpc) is 2.51. The van der Waals surface area contributed by atoms with E-state index in [1.807, 2.05) is 0 Å². The molecule has 0 N–H and O–H groups in total. The van der Waals surface area contributed by atoms with E-state index in [1.165, 1.54) is 22.9 Å². The van der Waals surface area contributed by atoms with Crippen molar-refractivity contribution in [3.8, 4) is 0 Å². The zero-order valence-corrected chi connectivity index (χ0v) is 10.8. The van der Waals surface area contributed by atoms with Gasteiger partial charge in [-0.15, -0.1) is 0 Å². The van der Waals surface area contributed by atoms with Gasteiger partial charge in [0.2, 0.25) is 0 Å². The van der Waals surface area contributed by atoms with Gasteiger partial charge < -0.3 is 0 Å². The van der Waals surface area contributed by atoms with Gasteiger partial charge in [-0.2, -0.15) is 0 Å². The number of hydrogen-bond donors (Lipinski definition) is 0. The first-order valence-electron chi connectivity index (χ1n) is 6.93. The molecule has 3 aliphatic rings. The van der Waals surface area contributed by atoms with Crippen molar-refractivity contribution in [1.82, 2.24) is 0 Å². The van der Waals surface area contributed by atoms with Crippen LogP contribution in [0.1, 0.15) is 57.8 Å². The quantitative estimate of drug-likeness (QED) is 0.534. The highest BCUT2D eigenvalue weighted by Gasteiger charge is 2.39. The summed E-state index contributed by atoms with van der Waals surface area (Å²) in [4.78, 5) is 0. The van der Waals surface area contributed by atoms with Crippen LogP contribution in [-0.4, -0.2) is 9.52 Å². The average molecular weight is 208 g/mol. The Morgan fingerprint density at radius 2 is 1.29 bits per heavy atom. The first-order chi connectivity index (χ1) is 6.93. The lowest BCUT2D eigenvalue weighted by Crippen LogP contribution is -2.28. The Labute approximate surface area is 90.7 Å². The predicted molar refractivity (Wildman–Crippen MR) is 64.6 cm³/mol. The fourth-order valence-electron chi connectivity index (χ4n) is 4.59. The molecule has 0 radical (unpaired) electrons. The number of hydrogen-bond acceptors (Lipinski definition) is 0. The minimum Gasteiger partial charge on any atom is -0.0533 e. The summed E-state index contributed by atoms with van der Waals surface area (Å²) in [5, 5.41) is 0. The van der Waals surface area contributed by atoms with Crippen molar-refractivity contribution in [2.75, 3.05) is 0 Å². The van der Waals surface area contributed by atoms with E-state index in [9.17, 15) is 0 Å². The van der Waals surface area contributed by atoms with Gasteiger partial charge in [0, 0.05) is 9.52 Å². The lowest BCUT2D eigenvalue weighted by Gasteiger charge is -2.37. The van der Waals surface area contributed by atoms with E-state index in [4.69, 9.17) is 0 Å². The number of fused-ring (bicyclic) bond motifs is 2. The van der Waals surface area contributed by atoms with Crippen LogP contribution in [0.15, 0.2) is 0 Å². The molecule has 0 aromatic carbocycles. The summed E-state index contributed by atoms with van der Waals surface area (Å²) < 4.78 is 0. The molecule has 4 unspecified atom stereocenters. The second-order valence-corrected chi connectivity index (χ2v) is 8.65. The topological polar surface area (TPSA) is 0 Å². The minimum atomic E-state index is 0.322. The SMILES string of the molecule is C1CCC2CC3CCCC3[SiH2]C2CC1. The first-order valence-corrected chi connectivity index (χ1v) is 8.57. The summed E-state index contributed by atoms with van der Waals surface area (Å²) in [5.74, 6) is 2.43. The van der Waals surface area contributed by atoms with Gasteiger partial charge >= 0.3 is 0 Å². The zero-order chi connectivity index (χ0) is 9.38. The largest absolute Gasteiger partial charge is 0.0533 e. The molecule has 0 nitrogen and oxygen atoms in total. The minimum absolute atomic E-state index is 0.322. The fourth-order valence-corrected chi connectivity index (χ4v) is 8.05. The molecule has 1 aliphatic heterocycles. The van der Waals surface area contributed by atoms with Crippen molar-refractivity contribution < 1.29 is 0 Å². The molecule has 0 amide bonds. The van der Waals surface area contributed by atoms with Crippen LogP contribution < -0.4 is 0 Å². The third kappa shape index (κ3) is 1.68. The van der Waals surface area contributed by atoms with Gasteiger partial charge in [0.25, 0.3) is 0 Å². The molecule has 1 heterocycles. The van der Waals surface area contributed by atoms with Gasteiger partial charge in [0.1, 0.15) is 0 Å². The van der Waals surface area contributed by atoms with Crippen molar-refractivity contribution in [2.45, 2.75) is 68.9 Å². The van der Waals surface area contributed by atoms with Gasteiger partial charge in [-0.3, -0.25) is 0 Å². The molecule has 0 aromatic rings. The molecular weight excluding hydrogens is 184 g/mol. The third-order valence-electron chi connectivity index (χ3n) is 5.34. The molecule has 14 heavy (non-hydrogen) atoms. The molecule has 4 atom stereocenters. The van der Waals surface area contributed by atoms with Gasteiger partial charge in [0.15, 0.2) is 0 Å². The lowest BCUT2D eigenvalue weighted by atomic mass is 9.86. The highest BCUT2D eigenvalue weighted by atomic mass is 28.2. The van der Waals surface area contributed by atoms with Gasteiger partial charge in [-0.05, 0) is 29.3 Å².